The molecule has 2 aliphatic rings. The first-order valence-corrected chi connectivity index (χ1v) is 9.91. The summed E-state index contributed by atoms with van der Waals surface area (Å²) in [5.74, 6) is 0.0377. The third kappa shape index (κ3) is 3.48. The van der Waals surface area contributed by atoms with Gasteiger partial charge in [-0.25, -0.2) is 0 Å². The molecular weight excluding hydrogens is 340 g/mol. The zero-order chi connectivity index (χ0) is 18.8. The number of amides is 2. The monoisotopic (exact) mass is 366 g/mol. The van der Waals surface area contributed by atoms with Crippen LogP contribution in [-0.4, -0.2) is 58.0 Å². The predicted octanol–water partition coefficient (Wildman–Crippen LogP) is 2.45. The molecule has 6 nitrogen and oxygen atoms in total. The zero-order valence-electron chi connectivity index (χ0n) is 15.8. The Hall–Kier alpha value is -2.63. The molecule has 0 unspecified atom stereocenters. The number of fused-ring (bicyclic) bond motifs is 1. The molecule has 2 heterocycles. The molecular formula is C21H26N4O2. The number of H-pyrrole nitrogens is 1. The van der Waals surface area contributed by atoms with Crippen molar-refractivity contribution >= 4 is 11.8 Å². The molecule has 142 valence electrons. The van der Waals surface area contributed by atoms with Gasteiger partial charge in [0.25, 0.3) is 11.8 Å². The lowest BCUT2D eigenvalue weighted by atomic mass is 9.95. The molecule has 0 radical (unpaired) electrons. The van der Waals surface area contributed by atoms with Crippen molar-refractivity contribution in [3.8, 4) is 0 Å². The summed E-state index contributed by atoms with van der Waals surface area (Å²) in [7, 11) is 0. The van der Waals surface area contributed by atoms with Gasteiger partial charge in [0.2, 0.25) is 0 Å². The Labute approximate surface area is 159 Å². The van der Waals surface area contributed by atoms with Crippen LogP contribution in [0.25, 0.3) is 0 Å². The van der Waals surface area contributed by atoms with E-state index in [4.69, 9.17) is 0 Å². The smallest absolute Gasteiger partial charge is 0.274 e. The van der Waals surface area contributed by atoms with Crippen molar-refractivity contribution in [3.63, 3.8) is 0 Å². The van der Waals surface area contributed by atoms with Crippen molar-refractivity contribution in [1.82, 2.24) is 20.0 Å². The van der Waals surface area contributed by atoms with Crippen molar-refractivity contribution in [2.75, 3.05) is 26.2 Å². The van der Waals surface area contributed by atoms with Gasteiger partial charge in [0.15, 0.2) is 5.69 Å². The highest BCUT2D eigenvalue weighted by Crippen LogP contribution is 2.23. The first-order chi connectivity index (χ1) is 13.2. The van der Waals surface area contributed by atoms with E-state index in [0.717, 1.165) is 43.4 Å². The number of carbonyl (C=O) groups excluding carboxylic acids is 2. The van der Waals surface area contributed by atoms with Gasteiger partial charge in [-0.15, -0.1) is 0 Å². The van der Waals surface area contributed by atoms with Gasteiger partial charge >= 0.3 is 0 Å². The van der Waals surface area contributed by atoms with Crippen LogP contribution in [0, 0.1) is 0 Å². The highest BCUT2D eigenvalue weighted by molar-refractivity contribution is 5.96. The van der Waals surface area contributed by atoms with Crippen LogP contribution in [0.3, 0.4) is 0 Å². The number of hydrogen-bond acceptors (Lipinski definition) is 3. The largest absolute Gasteiger partial charge is 0.335 e. The number of nitrogens with one attached hydrogen (secondary N) is 1. The van der Waals surface area contributed by atoms with Crippen LogP contribution in [-0.2, 0) is 19.3 Å². The van der Waals surface area contributed by atoms with Crippen LogP contribution < -0.4 is 0 Å². The summed E-state index contributed by atoms with van der Waals surface area (Å²) in [4.78, 5) is 29.3. The second kappa shape index (κ2) is 7.55. The van der Waals surface area contributed by atoms with Crippen molar-refractivity contribution in [2.45, 2.75) is 39.0 Å². The Morgan fingerprint density at radius 1 is 0.963 bits per heavy atom. The molecule has 1 aromatic carbocycles. The number of piperazine rings is 1. The maximum Gasteiger partial charge on any atom is 0.274 e. The summed E-state index contributed by atoms with van der Waals surface area (Å²) in [6.45, 7) is 4.33. The first-order valence-electron chi connectivity index (χ1n) is 9.91. The molecule has 2 amide bonds. The number of hydrogen-bond donors (Lipinski definition) is 1. The van der Waals surface area contributed by atoms with E-state index in [-0.39, 0.29) is 11.8 Å². The number of nitrogens with zero attached hydrogens (tertiary/aromatic N) is 3. The average Bonchev–Trinajstić information content (AvgIpc) is 3.17. The molecule has 1 N–H and O–H groups in total. The lowest BCUT2D eigenvalue weighted by Crippen LogP contribution is -2.50. The van der Waals surface area contributed by atoms with Crippen LogP contribution in [0.15, 0.2) is 24.3 Å². The van der Waals surface area contributed by atoms with E-state index in [1.165, 1.54) is 5.56 Å². The quantitative estimate of drug-likeness (QED) is 0.907. The van der Waals surface area contributed by atoms with E-state index >= 15 is 0 Å². The van der Waals surface area contributed by atoms with Crippen molar-refractivity contribution in [1.29, 1.82) is 0 Å². The van der Waals surface area contributed by atoms with Gasteiger partial charge in [-0.1, -0.05) is 19.1 Å². The van der Waals surface area contributed by atoms with Gasteiger partial charge in [-0.2, -0.15) is 5.10 Å². The number of rotatable bonds is 3. The maximum absolute atomic E-state index is 12.9. The molecule has 1 aliphatic carbocycles. The fraction of sp³-hybridized carbons (Fsp3) is 0.476. The van der Waals surface area contributed by atoms with Gasteiger partial charge in [0.05, 0.1) is 0 Å². The number of aryl methyl sites for hydroxylation is 2. The van der Waals surface area contributed by atoms with E-state index in [2.05, 4.69) is 17.1 Å². The Kier molecular flexibility index (Phi) is 4.97. The van der Waals surface area contributed by atoms with Gasteiger partial charge < -0.3 is 9.80 Å². The van der Waals surface area contributed by atoms with E-state index in [0.29, 0.717) is 37.4 Å². The third-order valence-electron chi connectivity index (χ3n) is 5.72. The Morgan fingerprint density at radius 2 is 1.59 bits per heavy atom. The summed E-state index contributed by atoms with van der Waals surface area (Å²) >= 11 is 0. The number of aromatic nitrogens is 2. The fourth-order valence-electron chi connectivity index (χ4n) is 3.99. The summed E-state index contributed by atoms with van der Waals surface area (Å²) in [5, 5.41) is 7.34. The molecule has 2 aromatic rings. The van der Waals surface area contributed by atoms with E-state index in [1.807, 2.05) is 34.1 Å². The fourth-order valence-corrected chi connectivity index (χ4v) is 3.99. The molecule has 4 rings (SSSR count). The normalized spacial score (nSPS) is 16.9. The van der Waals surface area contributed by atoms with Crippen LogP contribution in [0.2, 0.25) is 0 Å². The molecule has 6 heteroatoms. The number of benzene rings is 1. The molecule has 0 spiro atoms. The Bertz CT molecular complexity index is 832. The van der Waals surface area contributed by atoms with Crippen molar-refractivity contribution < 1.29 is 9.59 Å². The van der Waals surface area contributed by atoms with Crippen molar-refractivity contribution in [3.05, 3.63) is 52.3 Å². The Morgan fingerprint density at radius 3 is 2.26 bits per heavy atom. The standard InChI is InChI=1S/C21H26N4O2/c1-2-15-7-9-16(10-8-15)20(26)24-11-13-25(14-12-24)21(27)19-17-5-3-4-6-18(17)22-23-19/h7-10H,2-6,11-14H2,1H3,(H,22,23). The minimum atomic E-state index is -0.00574. The van der Waals surface area contributed by atoms with Crippen LogP contribution in [0.5, 0.6) is 0 Å². The molecule has 1 fully saturated rings. The number of aromatic amines is 1. The van der Waals surface area contributed by atoms with E-state index in [9.17, 15) is 9.59 Å². The second-order valence-electron chi connectivity index (χ2n) is 7.37. The number of carbonyl (C=O) groups is 2. The minimum absolute atomic E-state index is 0.00574. The van der Waals surface area contributed by atoms with Gasteiger partial charge in [0, 0.05) is 43.0 Å². The average molecular weight is 366 g/mol. The molecule has 0 atom stereocenters. The molecule has 0 bridgehead atoms. The zero-order valence-corrected chi connectivity index (χ0v) is 15.8. The Balaban J connectivity index is 1.39. The summed E-state index contributed by atoms with van der Waals surface area (Å²) < 4.78 is 0. The topological polar surface area (TPSA) is 69.3 Å². The first kappa shape index (κ1) is 17.8. The molecule has 27 heavy (non-hydrogen) atoms. The van der Waals surface area contributed by atoms with E-state index in [1.54, 1.807) is 0 Å². The predicted molar refractivity (Wildman–Crippen MR) is 103 cm³/mol. The van der Waals surface area contributed by atoms with Gasteiger partial charge in [-0.05, 0) is 49.8 Å². The summed E-state index contributed by atoms with van der Waals surface area (Å²) in [5.41, 5.74) is 4.74. The maximum atomic E-state index is 12.9. The molecule has 1 aliphatic heterocycles. The SMILES string of the molecule is CCc1ccc(C(=O)N2CCN(C(=O)c3n[nH]c4c3CCCC4)CC2)cc1. The lowest BCUT2D eigenvalue weighted by molar-refractivity contribution is 0.0531. The molecule has 0 saturated carbocycles. The van der Waals surface area contributed by atoms with Crippen LogP contribution in [0.1, 0.15) is 57.4 Å². The lowest BCUT2D eigenvalue weighted by Gasteiger charge is -2.34. The van der Waals surface area contributed by atoms with Gasteiger partial charge in [0.1, 0.15) is 0 Å². The van der Waals surface area contributed by atoms with Crippen LogP contribution >= 0.6 is 0 Å². The summed E-state index contributed by atoms with van der Waals surface area (Å²) in [6.07, 6.45) is 5.15. The van der Waals surface area contributed by atoms with Crippen LogP contribution in [0.4, 0.5) is 0 Å². The molecule has 1 saturated heterocycles. The third-order valence-corrected chi connectivity index (χ3v) is 5.72. The van der Waals surface area contributed by atoms with Crippen molar-refractivity contribution in [2.24, 2.45) is 0 Å². The highest BCUT2D eigenvalue weighted by atomic mass is 16.2. The molecule has 1 aromatic heterocycles. The second-order valence-corrected chi connectivity index (χ2v) is 7.37. The highest BCUT2D eigenvalue weighted by Gasteiger charge is 2.29. The minimum Gasteiger partial charge on any atom is -0.335 e. The summed E-state index contributed by atoms with van der Waals surface area (Å²) in [6, 6.07) is 7.81. The van der Waals surface area contributed by atoms with Gasteiger partial charge in [-0.3, -0.25) is 14.7 Å². The van der Waals surface area contributed by atoms with E-state index < -0.39 is 0 Å².